The highest BCUT2D eigenvalue weighted by Gasteiger charge is 2.29. The maximum atomic E-state index is 11.9. The molecular weight excluding hydrogens is 276 g/mol. The lowest BCUT2D eigenvalue weighted by molar-refractivity contribution is -0.384. The van der Waals surface area contributed by atoms with Gasteiger partial charge in [0, 0.05) is 19.0 Å². The number of benzene rings is 1. The maximum absolute atomic E-state index is 11.9. The molecule has 4 N–H and O–H groups in total. The van der Waals surface area contributed by atoms with Crippen molar-refractivity contribution in [2.24, 2.45) is 5.92 Å². The molecule has 0 heterocycles. The average Bonchev–Trinajstić information content (AvgIpc) is 3.26. The topological polar surface area (TPSA) is 127 Å². The number of nitrogens with two attached hydrogens (primary N) is 1. The van der Waals surface area contributed by atoms with Crippen molar-refractivity contribution in [3.63, 3.8) is 0 Å². The normalized spacial score (nSPS) is 13.5. The Bertz CT molecular complexity index is 584. The van der Waals surface area contributed by atoms with Crippen LogP contribution >= 0.6 is 0 Å². The number of amides is 2. The van der Waals surface area contributed by atoms with Crippen molar-refractivity contribution in [1.82, 2.24) is 10.6 Å². The van der Waals surface area contributed by atoms with E-state index < -0.39 is 16.5 Å². The minimum absolute atomic E-state index is 0.0146. The number of rotatable bonds is 6. The Hall–Kier alpha value is -2.64. The van der Waals surface area contributed by atoms with Gasteiger partial charge < -0.3 is 16.4 Å². The van der Waals surface area contributed by atoms with Crippen molar-refractivity contribution >= 4 is 23.2 Å². The molecule has 8 heteroatoms. The van der Waals surface area contributed by atoms with Gasteiger partial charge in [0.2, 0.25) is 5.91 Å². The number of nitrogen functional groups attached to an aromatic ring is 1. The first kappa shape index (κ1) is 14.8. The standard InChI is InChI=1S/C13H16N4O4/c14-10-3-1-2-9(11(10)17(20)21)13(19)16-7-6-15-12(18)8-4-5-8/h1-3,8H,4-7,14H2,(H,15,18)(H,16,19). The van der Waals surface area contributed by atoms with Gasteiger partial charge in [-0.2, -0.15) is 0 Å². The van der Waals surface area contributed by atoms with E-state index in [0.29, 0.717) is 0 Å². The Balaban J connectivity index is 1.89. The number of nitrogens with zero attached hydrogens (tertiary/aromatic N) is 1. The van der Waals surface area contributed by atoms with Crippen molar-refractivity contribution < 1.29 is 14.5 Å². The minimum Gasteiger partial charge on any atom is -0.393 e. The summed E-state index contributed by atoms with van der Waals surface area (Å²) >= 11 is 0. The number of hydrogen-bond acceptors (Lipinski definition) is 5. The summed E-state index contributed by atoms with van der Waals surface area (Å²) in [6, 6.07) is 4.18. The number of carbonyl (C=O) groups excluding carboxylic acids is 2. The summed E-state index contributed by atoms with van der Waals surface area (Å²) in [4.78, 5) is 33.6. The molecule has 1 saturated carbocycles. The number of anilines is 1. The number of nitrogens with one attached hydrogen (secondary N) is 2. The molecule has 21 heavy (non-hydrogen) atoms. The molecule has 1 aliphatic rings. The lowest BCUT2D eigenvalue weighted by atomic mass is 10.1. The van der Waals surface area contributed by atoms with Gasteiger partial charge in [-0.15, -0.1) is 0 Å². The summed E-state index contributed by atoms with van der Waals surface area (Å²) in [5.74, 6) is -0.496. The highest BCUT2D eigenvalue weighted by atomic mass is 16.6. The van der Waals surface area contributed by atoms with Crippen LogP contribution < -0.4 is 16.4 Å². The lowest BCUT2D eigenvalue weighted by Gasteiger charge is -2.08. The second-order valence-electron chi connectivity index (χ2n) is 4.82. The van der Waals surface area contributed by atoms with Gasteiger partial charge in [0.25, 0.3) is 5.91 Å². The van der Waals surface area contributed by atoms with E-state index in [1.165, 1.54) is 18.2 Å². The van der Waals surface area contributed by atoms with Crippen molar-refractivity contribution in [2.75, 3.05) is 18.8 Å². The Morgan fingerprint density at radius 1 is 1.29 bits per heavy atom. The quantitative estimate of drug-likeness (QED) is 0.303. The molecule has 1 aliphatic carbocycles. The molecule has 0 aliphatic heterocycles. The van der Waals surface area contributed by atoms with Gasteiger partial charge in [0.15, 0.2) is 0 Å². The molecule has 8 nitrogen and oxygen atoms in total. The zero-order valence-electron chi connectivity index (χ0n) is 11.3. The predicted octanol–water partition coefficient (Wildman–Crippen LogP) is 0.433. The predicted molar refractivity (Wildman–Crippen MR) is 75.6 cm³/mol. The largest absolute Gasteiger partial charge is 0.393 e. The molecule has 1 fully saturated rings. The SMILES string of the molecule is Nc1cccc(C(=O)NCCNC(=O)C2CC2)c1[N+](=O)[O-]. The molecule has 2 amide bonds. The van der Waals surface area contributed by atoms with Crippen LogP contribution in [-0.4, -0.2) is 29.8 Å². The van der Waals surface area contributed by atoms with Gasteiger partial charge >= 0.3 is 5.69 Å². The van der Waals surface area contributed by atoms with Crippen LogP contribution in [0.15, 0.2) is 18.2 Å². The van der Waals surface area contributed by atoms with E-state index in [2.05, 4.69) is 10.6 Å². The number of nitro groups is 1. The summed E-state index contributed by atoms with van der Waals surface area (Å²) in [5.41, 5.74) is 4.96. The summed E-state index contributed by atoms with van der Waals surface area (Å²) in [5, 5.41) is 16.1. The highest BCUT2D eigenvalue weighted by Crippen LogP contribution is 2.28. The summed E-state index contributed by atoms with van der Waals surface area (Å²) in [6.45, 7) is 0.487. The van der Waals surface area contributed by atoms with Crippen LogP contribution in [0, 0.1) is 16.0 Å². The van der Waals surface area contributed by atoms with E-state index in [-0.39, 0.29) is 36.2 Å². The third-order valence-corrected chi connectivity index (χ3v) is 3.15. The van der Waals surface area contributed by atoms with Crippen LogP contribution in [0.2, 0.25) is 0 Å². The number of hydrogen-bond donors (Lipinski definition) is 3. The fourth-order valence-electron chi connectivity index (χ4n) is 1.90. The molecule has 0 bridgehead atoms. The molecule has 0 radical (unpaired) electrons. The van der Waals surface area contributed by atoms with Crippen LogP contribution in [0.5, 0.6) is 0 Å². The second-order valence-corrected chi connectivity index (χ2v) is 4.82. The first-order chi connectivity index (χ1) is 10.0. The average molecular weight is 292 g/mol. The molecular formula is C13H16N4O4. The van der Waals surface area contributed by atoms with Crippen molar-refractivity contribution in [3.05, 3.63) is 33.9 Å². The van der Waals surface area contributed by atoms with E-state index in [0.717, 1.165) is 12.8 Å². The van der Waals surface area contributed by atoms with E-state index in [4.69, 9.17) is 5.73 Å². The van der Waals surface area contributed by atoms with Crippen LogP contribution in [0.1, 0.15) is 23.2 Å². The molecule has 2 rings (SSSR count). The molecule has 0 unspecified atom stereocenters. The zero-order valence-corrected chi connectivity index (χ0v) is 11.3. The Kier molecular flexibility index (Phi) is 4.36. The molecule has 0 aromatic heterocycles. The molecule has 0 atom stereocenters. The van der Waals surface area contributed by atoms with Crippen LogP contribution in [0.4, 0.5) is 11.4 Å². The molecule has 112 valence electrons. The number of carbonyl (C=O) groups is 2. The van der Waals surface area contributed by atoms with E-state index in [1.54, 1.807) is 0 Å². The Labute approximate surface area is 120 Å². The Morgan fingerprint density at radius 2 is 1.95 bits per heavy atom. The number of para-hydroxylation sites is 1. The Morgan fingerprint density at radius 3 is 2.57 bits per heavy atom. The van der Waals surface area contributed by atoms with Crippen LogP contribution in [-0.2, 0) is 4.79 Å². The molecule has 0 spiro atoms. The van der Waals surface area contributed by atoms with Crippen molar-refractivity contribution in [3.8, 4) is 0 Å². The fourth-order valence-corrected chi connectivity index (χ4v) is 1.90. The van der Waals surface area contributed by atoms with Gasteiger partial charge in [-0.1, -0.05) is 6.07 Å². The summed E-state index contributed by atoms with van der Waals surface area (Å²) in [6.07, 6.45) is 1.82. The minimum atomic E-state index is -0.681. The highest BCUT2D eigenvalue weighted by molar-refractivity contribution is 6.00. The fraction of sp³-hybridized carbons (Fsp3) is 0.385. The van der Waals surface area contributed by atoms with Gasteiger partial charge in [-0.25, -0.2) is 0 Å². The first-order valence-corrected chi connectivity index (χ1v) is 6.59. The van der Waals surface area contributed by atoms with Crippen molar-refractivity contribution in [1.29, 1.82) is 0 Å². The monoisotopic (exact) mass is 292 g/mol. The van der Waals surface area contributed by atoms with Gasteiger partial charge in [-0.3, -0.25) is 19.7 Å². The van der Waals surface area contributed by atoms with Crippen LogP contribution in [0.3, 0.4) is 0 Å². The summed E-state index contributed by atoms with van der Waals surface area (Å²) < 4.78 is 0. The van der Waals surface area contributed by atoms with Gasteiger partial charge in [-0.05, 0) is 25.0 Å². The molecule has 1 aromatic rings. The van der Waals surface area contributed by atoms with E-state index >= 15 is 0 Å². The third-order valence-electron chi connectivity index (χ3n) is 3.15. The molecule has 1 aromatic carbocycles. The van der Waals surface area contributed by atoms with Gasteiger partial charge in [0.05, 0.1) is 4.92 Å². The maximum Gasteiger partial charge on any atom is 0.304 e. The van der Waals surface area contributed by atoms with Gasteiger partial charge in [0.1, 0.15) is 11.3 Å². The summed E-state index contributed by atoms with van der Waals surface area (Å²) in [7, 11) is 0. The van der Waals surface area contributed by atoms with E-state index in [9.17, 15) is 19.7 Å². The lowest BCUT2D eigenvalue weighted by Crippen LogP contribution is -2.35. The van der Waals surface area contributed by atoms with E-state index in [1.807, 2.05) is 0 Å². The van der Waals surface area contributed by atoms with Crippen LogP contribution in [0.25, 0.3) is 0 Å². The second kappa shape index (κ2) is 6.21. The zero-order chi connectivity index (χ0) is 15.4. The van der Waals surface area contributed by atoms with Crippen molar-refractivity contribution in [2.45, 2.75) is 12.8 Å². The third kappa shape index (κ3) is 3.68. The number of nitro benzene ring substituents is 1. The smallest absolute Gasteiger partial charge is 0.304 e. The first-order valence-electron chi connectivity index (χ1n) is 6.59. The molecule has 0 saturated heterocycles.